The molecule has 0 spiro atoms. The average molecular weight is 267 g/mol. The molecule has 0 aliphatic rings. The van der Waals surface area contributed by atoms with Crippen LogP contribution in [0.1, 0.15) is 18.9 Å². The van der Waals surface area contributed by atoms with Crippen LogP contribution in [0.4, 0.5) is 0 Å². The largest absolute Gasteiger partial charge is 0.466 e. The van der Waals surface area contributed by atoms with E-state index in [1.807, 2.05) is 43.3 Å². The normalized spacial score (nSPS) is 11.2. The zero-order valence-electron chi connectivity index (χ0n) is 11.7. The molecule has 0 N–H and O–H groups in total. The Morgan fingerprint density at radius 2 is 1.70 bits per heavy atom. The van der Waals surface area contributed by atoms with E-state index in [1.54, 1.807) is 18.5 Å². The minimum Gasteiger partial charge on any atom is -0.466 e. The van der Waals surface area contributed by atoms with E-state index < -0.39 is 0 Å². The highest BCUT2D eigenvalue weighted by Crippen LogP contribution is 2.23. The number of carbonyl (C=O) groups is 1. The summed E-state index contributed by atoms with van der Waals surface area (Å²) in [4.78, 5) is 15.3. The fraction of sp³-hybridized carbons (Fsp3) is 0.176. The second-order valence-corrected chi connectivity index (χ2v) is 4.36. The first kappa shape index (κ1) is 14.0. The van der Waals surface area contributed by atoms with E-state index in [2.05, 4.69) is 9.72 Å². The van der Waals surface area contributed by atoms with E-state index in [0.717, 1.165) is 28.7 Å². The van der Waals surface area contributed by atoms with Crippen molar-refractivity contribution in [2.45, 2.75) is 13.3 Å². The molecule has 2 rings (SSSR count). The molecule has 0 fully saturated rings. The number of benzene rings is 1. The van der Waals surface area contributed by atoms with Crippen molar-refractivity contribution >= 4 is 11.5 Å². The van der Waals surface area contributed by atoms with E-state index in [4.69, 9.17) is 0 Å². The van der Waals surface area contributed by atoms with Crippen molar-refractivity contribution in [3.05, 3.63) is 60.4 Å². The van der Waals surface area contributed by atoms with Gasteiger partial charge in [0, 0.05) is 18.5 Å². The van der Waals surface area contributed by atoms with Crippen LogP contribution in [0.2, 0.25) is 0 Å². The summed E-state index contributed by atoms with van der Waals surface area (Å²) >= 11 is 0. The molecule has 3 nitrogen and oxygen atoms in total. The molecular weight excluding hydrogens is 250 g/mol. The van der Waals surface area contributed by atoms with Gasteiger partial charge in [-0.05, 0) is 40.8 Å². The molecule has 3 heteroatoms. The second kappa shape index (κ2) is 6.66. The molecule has 0 aliphatic carbocycles. The smallest absolute Gasteiger partial charge is 0.330 e. The molecule has 0 saturated carbocycles. The van der Waals surface area contributed by atoms with E-state index in [-0.39, 0.29) is 5.97 Å². The first-order valence-electron chi connectivity index (χ1n) is 6.54. The Balaban J connectivity index is 2.28. The highest BCUT2D eigenvalue weighted by Gasteiger charge is 2.04. The molecular formula is C17H17NO2. The highest BCUT2D eigenvalue weighted by atomic mass is 16.5. The fourth-order valence-electron chi connectivity index (χ4n) is 2.01. The number of hydrogen-bond donors (Lipinski definition) is 0. The van der Waals surface area contributed by atoms with Crippen molar-refractivity contribution in [3.8, 4) is 11.1 Å². The lowest BCUT2D eigenvalue weighted by molar-refractivity contribution is -0.134. The first-order chi connectivity index (χ1) is 9.74. The molecule has 1 aromatic heterocycles. The van der Waals surface area contributed by atoms with Crippen LogP contribution in [0.3, 0.4) is 0 Å². The van der Waals surface area contributed by atoms with E-state index in [9.17, 15) is 4.79 Å². The third kappa shape index (κ3) is 3.32. The zero-order chi connectivity index (χ0) is 14.4. The Bertz CT molecular complexity index is 601. The summed E-state index contributed by atoms with van der Waals surface area (Å²) in [5, 5.41) is 0. The highest BCUT2D eigenvalue weighted by molar-refractivity contribution is 5.91. The maximum atomic E-state index is 11.3. The molecule has 0 atom stereocenters. The quantitative estimate of drug-likeness (QED) is 0.626. The van der Waals surface area contributed by atoms with Gasteiger partial charge in [-0.15, -0.1) is 0 Å². The Morgan fingerprint density at radius 1 is 1.10 bits per heavy atom. The molecule has 0 unspecified atom stereocenters. The van der Waals surface area contributed by atoms with Gasteiger partial charge in [0.2, 0.25) is 0 Å². The van der Waals surface area contributed by atoms with Gasteiger partial charge in [-0.3, -0.25) is 4.98 Å². The Labute approximate surface area is 118 Å². The van der Waals surface area contributed by atoms with E-state index >= 15 is 0 Å². The van der Waals surface area contributed by atoms with Crippen LogP contribution in [0.25, 0.3) is 16.7 Å². The van der Waals surface area contributed by atoms with Crippen molar-refractivity contribution in [2.75, 3.05) is 7.11 Å². The molecule has 2 aromatic rings. The van der Waals surface area contributed by atoms with Crippen LogP contribution in [0.15, 0.2) is 54.9 Å². The molecule has 0 amide bonds. The lowest BCUT2D eigenvalue weighted by Crippen LogP contribution is -1.96. The van der Waals surface area contributed by atoms with E-state index in [1.165, 1.54) is 7.11 Å². The van der Waals surface area contributed by atoms with Gasteiger partial charge in [0.1, 0.15) is 0 Å². The van der Waals surface area contributed by atoms with Gasteiger partial charge < -0.3 is 4.74 Å². The number of allylic oxidation sites excluding steroid dienone is 1. The minimum atomic E-state index is -0.319. The van der Waals surface area contributed by atoms with Crippen molar-refractivity contribution in [1.29, 1.82) is 0 Å². The van der Waals surface area contributed by atoms with Gasteiger partial charge in [0.15, 0.2) is 0 Å². The molecule has 0 radical (unpaired) electrons. The standard InChI is InChI=1S/C17H17NO2/c1-3-13(12-17(19)20-2)14-4-6-15(7-5-14)16-8-10-18-11-9-16/h4-12H,3H2,1-2H3/b13-12+. The summed E-state index contributed by atoms with van der Waals surface area (Å²) in [5.74, 6) is -0.319. The zero-order valence-corrected chi connectivity index (χ0v) is 11.7. The van der Waals surface area contributed by atoms with Crippen LogP contribution in [0, 0.1) is 0 Å². The van der Waals surface area contributed by atoms with Gasteiger partial charge in [0.05, 0.1) is 7.11 Å². The lowest BCUT2D eigenvalue weighted by Gasteiger charge is -2.07. The number of rotatable bonds is 4. The van der Waals surface area contributed by atoms with Crippen molar-refractivity contribution in [3.63, 3.8) is 0 Å². The summed E-state index contributed by atoms with van der Waals surface area (Å²) in [6.07, 6.45) is 5.88. The number of pyridine rings is 1. The molecule has 102 valence electrons. The predicted octanol–water partition coefficient (Wildman–Crippen LogP) is 3.72. The number of methoxy groups -OCH3 is 1. The van der Waals surface area contributed by atoms with Gasteiger partial charge in [0.25, 0.3) is 0 Å². The monoisotopic (exact) mass is 267 g/mol. The summed E-state index contributed by atoms with van der Waals surface area (Å²) in [5.41, 5.74) is 4.26. The third-order valence-corrected chi connectivity index (χ3v) is 3.14. The van der Waals surface area contributed by atoms with Crippen LogP contribution in [-0.2, 0) is 9.53 Å². The Morgan fingerprint density at radius 3 is 2.25 bits per heavy atom. The second-order valence-electron chi connectivity index (χ2n) is 4.36. The van der Waals surface area contributed by atoms with Crippen molar-refractivity contribution < 1.29 is 9.53 Å². The number of esters is 1. The molecule has 0 saturated heterocycles. The number of nitrogens with zero attached hydrogens (tertiary/aromatic N) is 1. The lowest BCUT2D eigenvalue weighted by atomic mass is 9.99. The maximum Gasteiger partial charge on any atom is 0.330 e. The number of hydrogen-bond acceptors (Lipinski definition) is 3. The SMILES string of the molecule is CC/C(=C\C(=O)OC)c1ccc(-c2ccncc2)cc1. The van der Waals surface area contributed by atoms with Crippen molar-refractivity contribution in [1.82, 2.24) is 4.98 Å². The van der Waals surface area contributed by atoms with Crippen LogP contribution in [-0.4, -0.2) is 18.1 Å². The summed E-state index contributed by atoms with van der Waals surface area (Å²) in [6, 6.07) is 12.1. The molecule has 0 aliphatic heterocycles. The van der Waals surface area contributed by atoms with Gasteiger partial charge >= 0.3 is 5.97 Å². The number of ether oxygens (including phenoxy) is 1. The van der Waals surface area contributed by atoms with Gasteiger partial charge in [-0.25, -0.2) is 4.79 Å². The number of carbonyl (C=O) groups excluding carboxylic acids is 1. The van der Waals surface area contributed by atoms with Crippen LogP contribution < -0.4 is 0 Å². The Hall–Kier alpha value is -2.42. The molecule has 20 heavy (non-hydrogen) atoms. The van der Waals surface area contributed by atoms with Crippen LogP contribution in [0.5, 0.6) is 0 Å². The molecule has 1 aromatic carbocycles. The maximum absolute atomic E-state index is 11.3. The minimum absolute atomic E-state index is 0.319. The summed E-state index contributed by atoms with van der Waals surface area (Å²) in [6.45, 7) is 2.02. The summed E-state index contributed by atoms with van der Waals surface area (Å²) in [7, 11) is 1.39. The average Bonchev–Trinajstić information content (AvgIpc) is 2.53. The van der Waals surface area contributed by atoms with Crippen molar-refractivity contribution in [2.24, 2.45) is 0 Å². The summed E-state index contributed by atoms with van der Waals surface area (Å²) < 4.78 is 4.67. The fourth-order valence-corrected chi connectivity index (χ4v) is 2.01. The molecule has 1 heterocycles. The van der Waals surface area contributed by atoms with Gasteiger partial charge in [-0.2, -0.15) is 0 Å². The Kier molecular flexibility index (Phi) is 4.66. The molecule has 0 bridgehead atoms. The van der Waals surface area contributed by atoms with Gasteiger partial charge in [-0.1, -0.05) is 31.2 Å². The topological polar surface area (TPSA) is 39.2 Å². The predicted molar refractivity (Wildman–Crippen MR) is 80.0 cm³/mol. The van der Waals surface area contributed by atoms with Crippen LogP contribution >= 0.6 is 0 Å². The van der Waals surface area contributed by atoms with E-state index in [0.29, 0.717) is 0 Å². The third-order valence-electron chi connectivity index (χ3n) is 3.14. The first-order valence-corrected chi connectivity index (χ1v) is 6.54. The number of aromatic nitrogens is 1.